The highest BCUT2D eigenvalue weighted by Crippen LogP contribution is 2.27. The van der Waals surface area contributed by atoms with E-state index >= 15 is 0 Å². The van der Waals surface area contributed by atoms with Gasteiger partial charge in [0, 0.05) is 13.1 Å². The molecule has 1 saturated heterocycles. The van der Waals surface area contributed by atoms with Crippen molar-refractivity contribution in [1.82, 2.24) is 4.90 Å². The molecule has 3 N–H and O–H groups in total. The van der Waals surface area contributed by atoms with Crippen molar-refractivity contribution in [2.45, 2.75) is 19.3 Å². The quantitative estimate of drug-likeness (QED) is 0.713. The number of carbonyl (C=O) groups is 2. The first-order valence-corrected chi connectivity index (χ1v) is 6.21. The highest BCUT2D eigenvalue weighted by Gasteiger charge is 2.19. The fourth-order valence-corrected chi connectivity index (χ4v) is 2.11. The summed E-state index contributed by atoms with van der Waals surface area (Å²) in [5.41, 5.74) is -0.105. The maximum Gasteiger partial charge on any atom is 0.339 e. The van der Waals surface area contributed by atoms with E-state index in [1.807, 2.05) is 0 Å². The van der Waals surface area contributed by atoms with Crippen LogP contribution in [-0.4, -0.2) is 40.2 Å². The lowest BCUT2D eigenvalue weighted by molar-refractivity contribution is 0.0693. The number of nitrogens with zero attached hydrogens (tertiary/aromatic N) is 1. The number of piperidine rings is 1. The molecule has 2 rings (SSSR count). The molecule has 1 fully saturated rings. The molecule has 1 aliphatic heterocycles. The van der Waals surface area contributed by atoms with Gasteiger partial charge in [-0.25, -0.2) is 9.59 Å². The molecule has 1 heterocycles. The molecule has 0 aliphatic carbocycles. The standard InChI is InChI=1S/C13H16N2O4/c16-11-9(12(17)18)5-4-6-10(11)14-13(19)15-7-2-1-3-8-15/h4-6,16H,1-3,7-8H2,(H,14,19)(H,17,18). The number of urea groups is 1. The van der Waals surface area contributed by atoms with Gasteiger partial charge < -0.3 is 20.4 Å². The van der Waals surface area contributed by atoms with Crippen molar-refractivity contribution < 1.29 is 19.8 Å². The number of phenols is 1. The van der Waals surface area contributed by atoms with E-state index in [1.165, 1.54) is 18.2 Å². The number of aromatic hydroxyl groups is 1. The van der Waals surface area contributed by atoms with Crippen LogP contribution < -0.4 is 5.32 Å². The minimum atomic E-state index is -1.23. The first-order valence-electron chi connectivity index (χ1n) is 6.21. The van der Waals surface area contributed by atoms with E-state index in [4.69, 9.17) is 5.11 Å². The number of nitrogens with one attached hydrogen (secondary N) is 1. The van der Waals surface area contributed by atoms with Gasteiger partial charge in [-0.1, -0.05) is 6.07 Å². The predicted octanol–water partition coefficient (Wildman–Crippen LogP) is 2.11. The summed E-state index contributed by atoms with van der Waals surface area (Å²) in [5.74, 6) is -1.65. The van der Waals surface area contributed by atoms with Crippen LogP contribution in [-0.2, 0) is 0 Å². The summed E-state index contributed by atoms with van der Waals surface area (Å²) in [7, 11) is 0. The molecular weight excluding hydrogens is 248 g/mol. The second kappa shape index (κ2) is 5.60. The minimum absolute atomic E-state index is 0.121. The Kier molecular flexibility index (Phi) is 3.89. The Morgan fingerprint density at radius 3 is 2.47 bits per heavy atom. The number of hydrogen-bond acceptors (Lipinski definition) is 3. The number of carboxylic acid groups (broad SMARTS) is 1. The van der Waals surface area contributed by atoms with E-state index in [-0.39, 0.29) is 17.3 Å². The Bertz CT molecular complexity index is 495. The van der Waals surface area contributed by atoms with Crippen LogP contribution in [0.25, 0.3) is 0 Å². The van der Waals surface area contributed by atoms with Crippen molar-refractivity contribution in [3.05, 3.63) is 23.8 Å². The van der Waals surface area contributed by atoms with Gasteiger partial charge in [0.2, 0.25) is 0 Å². The van der Waals surface area contributed by atoms with Gasteiger partial charge in [0.1, 0.15) is 5.56 Å². The van der Waals surface area contributed by atoms with Crippen molar-refractivity contribution in [3.8, 4) is 5.75 Å². The van der Waals surface area contributed by atoms with Crippen molar-refractivity contribution in [2.75, 3.05) is 18.4 Å². The summed E-state index contributed by atoms with van der Waals surface area (Å²) in [6, 6.07) is 3.94. The van der Waals surface area contributed by atoms with Gasteiger partial charge in [-0.05, 0) is 31.4 Å². The van der Waals surface area contributed by atoms with E-state index in [0.29, 0.717) is 13.1 Å². The summed E-state index contributed by atoms with van der Waals surface area (Å²) < 4.78 is 0. The zero-order valence-electron chi connectivity index (χ0n) is 10.4. The maximum absolute atomic E-state index is 12.0. The number of carbonyl (C=O) groups excluding carboxylic acids is 1. The Balaban J connectivity index is 2.12. The van der Waals surface area contributed by atoms with Crippen LogP contribution in [0.4, 0.5) is 10.5 Å². The predicted molar refractivity (Wildman–Crippen MR) is 69.5 cm³/mol. The van der Waals surface area contributed by atoms with E-state index in [0.717, 1.165) is 19.3 Å². The highest BCUT2D eigenvalue weighted by molar-refractivity contribution is 5.97. The summed E-state index contributed by atoms with van der Waals surface area (Å²) in [6.45, 7) is 1.37. The molecule has 1 aromatic carbocycles. The Hall–Kier alpha value is -2.24. The smallest absolute Gasteiger partial charge is 0.339 e. The monoisotopic (exact) mass is 264 g/mol. The fraction of sp³-hybridized carbons (Fsp3) is 0.385. The molecule has 0 atom stereocenters. The van der Waals surface area contributed by atoms with Crippen LogP contribution in [0.3, 0.4) is 0 Å². The zero-order valence-corrected chi connectivity index (χ0v) is 10.4. The van der Waals surface area contributed by atoms with E-state index < -0.39 is 11.7 Å². The molecule has 0 bridgehead atoms. The molecule has 1 aromatic rings. The SMILES string of the molecule is O=C(O)c1cccc(NC(=O)N2CCCCC2)c1O. The third-order valence-electron chi connectivity index (χ3n) is 3.15. The number of likely N-dealkylation sites (tertiary alicyclic amines) is 1. The van der Waals surface area contributed by atoms with E-state index in [2.05, 4.69) is 5.32 Å². The number of hydrogen-bond donors (Lipinski definition) is 3. The van der Waals surface area contributed by atoms with Crippen LogP contribution in [0.2, 0.25) is 0 Å². The molecule has 0 saturated carbocycles. The van der Waals surface area contributed by atoms with Crippen molar-refractivity contribution >= 4 is 17.7 Å². The third-order valence-corrected chi connectivity index (χ3v) is 3.15. The average Bonchev–Trinajstić information content (AvgIpc) is 2.41. The van der Waals surface area contributed by atoms with Crippen LogP contribution in [0.1, 0.15) is 29.6 Å². The summed E-state index contributed by atoms with van der Waals surface area (Å²) in [4.78, 5) is 24.5. The number of para-hydroxylation sites is 1. The molecule has 0 aromatic heterocycles. The molecule has 1 aliphatic rings. The van der Waals surface area contributed by atoms with Gasteiger partial charge in [0.25, 0.3) is 0 Å². The lowest BCUT2D eigenvalue weighted by Crippen LogP contribution is -2.38. The van der Waals surface area contributed by atoms with Crippen LogP contribution in [0.15, 0.2) is 18.2 Å². The van der Waals surface area contributed by atoms with Gasteiger partial charge in [-0.2, -0.15) is 0 Å². The second-order valence-corrected chi connectivity index (χ2v) is 4.48. The van der Waals surface area contributed by atoms with Gasteiger partial charge >= 0.3 is 12.0 Å². The molecule has 2 amide bonds. The molecule has 6 nitrogen and oxygen atoms in total. The number of benzene rings is 1. The van der Waals surface area contributed by atoms with Gasteiger partial charge in [-0.3, -0.25) is 0 Å². The maximum atomic E-state index is 12.0. The Labute approximate surface area is 110 Å². The normalized spacial score (nSPS) is 15.1. The first-order chi connectivity index (χ1) is 9.09. The van der Waals surface area contributed by atoms with E-state index in [1.54, 1.807) is 4.90 Å². The average molecular weight is 264 g/mol. The van der Waals surface area contributed by atoms with Crippen LogP contribution >= 0.6 is 0 Å². The van der Waals surface area contributed by atoms with Gasteiger partial charge in [0.15, 0.2) is 5.75 Å². The Morgan fingerprint density at radius 2 is 1.84 bits per heavy atom. The summed E-state index contributed by atoms with van der Waals surface area (Å²) in [5, 5.41) is 21.2. The third kappa shape index (κ3) is 2.96. The number of anilines is 1. The van der Waals surface area contributed by atoms with Crippen molar-refractivity contribution in [1.29, 1.82) is 0 Å². The van der Waals surface area contributed by atoms with Crippen LogP contribution in [0, 0.1) is 0 Å². The minimum Gasteiger partial charge on any atom is -0.505 e. The summed E-state index contributed by atoms with van der Waals surface area (Å²) >= 11 is 0. The number of rotatable bonds is 2. The van der Waals surface area contributed by atoms with Gasteiger partial charge in [-0.15, -0.1) is 0 Å². The summed E-state index contributed by atoms with van der Waals surface area (Å²) in [6.07, 6.45) is 3.05. The van der Waals surface area contributed by atoms with Crippen molar-refractivity contribution in [2.24, 2.45) is 0 Å². The zero-order chi connectivity index (χ0) is 13.8. The highest BCUT2D eigenvalue weighted by atomic mass is 16.4. The van der Waals surface area contributed by atoms with E-state index in [9.17, 15) is 14.7 Å². The second-order valence-electron chi connectivity index (χ2n) is 4.48. The molecule has 0 unspecified atom stereocenters. The molecule has 102 valence electrons. The number of amides is 2. The first kappa shape index (κ1) is 13.2. The number of aromatic carboxylic acids is 1. The lowest BCUT2D eigenvalue weighted by atomic mass is 10.1. The van der Waals surface area contributed by atoms with Crippen LogP contribution in [0.5, 0.6) is 5.75 Å². The number of carboxylic acids is 1. The fourth-order valence-electron chi connectivity index (χ4n) is 2.11. The molecule has 19 heavy (non-hydrogen) atoms. The molecular formula is C13H16N2O4. The topological polar surface area (TPSA) is 89.9 Å². The molecule has 6 heteroatoms. The molecule has 0 radical (unpaired) electrons. The Morgan fingerprint density at radius 1 is 1.16 bits per heavy atom. The van der Waals surface area contributed by atoms with Gasteiger partial charge in [0.05, 0.1) is 5.69 Å². The lowest BCUT2D eigenvalue weighted by Gasteiger charge is -2.27. The van der Waals surface area contributed by atoms with Crippen molar-refractivity contribution in [3.63, 3.8) is 0 Å². The largest absolute Gasteiger partial charge is 0.505 e. The molecule has 0 spiro atoms.